The number of ether oxygens (including phenoxy) is 2. The van der Waals surface area contributed by atoms with Crippen LogP contribution in [0.4, 0.5) is 0 Å². The van der Waals surface area contributed by atoms with Crippen molar-refractivity contribution in [2.75, 3.05) is 13.2 Å². The van der Waals surface area contributed by atoms with E-state index in [1.165, 1.54) is 0 Å². The van der Waals surface area contributed by atoms with E-state index in [0.717, 1.165) is 11.1 Å². The third-order valence-electron chi connectivity index (χ3n) is 6.21. The summed E-state index contributed by atoms with van der Waals surface area (Å²) in [6, 6.07) is 11.8. The van der Waals surface area contributed by atoms with Crippen molar-refractivity contribution >= 4 is 28.5 Å². The summed E-state index contributed by atoms with van der Waals surface area (Å²) in [6.45, 7) is 6.77. The molecular weight excluding hydrogens is 480 g/mol. The normalized spacial score (nSPS) is 14.8. The highest BCUT2D eigenvalue weighted by Crippen LogP contribution is 2.42. The Hall–Kier alpha value is -3.84. The van der Waals surface area contributed by atoms with Gasteiger partial charge in [-0.3, -0.25) is 14.6 Å². The first-order valence-electron chi connectivity index (χ1n) is 11.8. The summed E-state index contributed by atoms with van der Waals surface area (Å²) in [5.41, 5.74) is 2.63. The van der Waals surface area contributed by atoms with Crippen LogP contribution in [0.25, 0.3) is 11.0 Å². The van der Waals surface area contributed by atoms with Gasteiger partial charge < -0.3 is 18.8 Å². The smallest absolute Gasteiger partial charge is 0.291 e. The lowest BCUT2D eigenvalue weighted by Gasteiger charge is -2.26. The Balaban J connectivity index is 1.73. The van der Waals surface area contributed by atoms with Crippen LogP contribution >= 0.6 is 11.6 Å². The second-order valence-electron chi connectivity index (χ2n) is 8.54. The molecule has 2 aromatic carbocycles. The van der Waals surface area contributed by atoms with Gasteiger partial charge in [0.1, 0.15) is 5.58 Å². The zero-order valence-electron chi connectivity index (χ0n) is 20.2. The maximum absolute atomic E-state index is 13.8. The minimum Gasteiger partial charge on any atom is -0.490 e. The molecule has 4 aromatic rings. The SMILES string of the molecule is CCOc1ccc([C@H]2c3c(oc4cc(C)c(Cl)cc4c3=O)C(=O)N2Cc2cccnc2)cc1OCC. The van der Waals surface area contributed by atoms with E-state index >= 15 is 0 Å². The fraction of sp³-hybridized carbons (Fsp3) is 0.250. The molecule has 2 aromatic heterocycles. The molecule has 0 spiro atoms. The quantitative estimate of drug-likeness (QED) is 0.321. The van der Waals surface area contributed by atoms with Gasteiger partial charge in [-0.1, -0.05) is 23.7 Å². The molecule has 0 radical (unpaired) electrons. The van der Waals surface area contributed by atoms with Gasteiger partial charge in [-0.2, -0.15) is 0 Å². The van der Waals surface area contributed by atoms with Crippen LogP contribution in [0.15, 0.2) is 64.1 Å². The van der Waals surface area contributed by atoms with Crippen LogP contribution < -0.4 is 14.9 Å². The van der Waals surface area contributed by atoms with Crippen LogP contribution in [-0.2, 0) is 6.54 Å². The molecule has 5 rings (SSSR count). The average molecular weight is 505 g/mol. The monoisotopic (exact) mass is 504 g/mol. The molecule has 0 saturated carbocycles. The summed E-state index contributed by atoms with van der Waals surface area (Å²) in [6.07, 6.45) is 3.37. The van der Waals surface area contributed by atoms with Crippen LogP contribution in [0.3, 0.4) is 0 Å². The summed E-state index contributed by atoms with van der Waals surface area (Å²) in [5, 5.41) is 0.795. The van der Waals surface area contributed by atoms with Crippen LogP contribution in [0, 0.1) is 6.92 Å². The van der Waals surface area contributed by atoms with Gasteiger partial charge in [0.2, 0.25) is 5.76 Å². The first kappa shape index (κ1) is 23.9. The van der Waals surface area contributed by atoms with E-state index in [-0.39, 0.29) is 29.2 Å². The summed E-state index contributed by atoms with van der Waals surface area (Å²) < 4.78 is 17.6. The minimum atomic E-state index is -0.691. The van der Waals surface area contributed by atoms with Gasteiger partial charge >= 0.3 is 0 Å². The standard InChI is InChI=1S/C28H25ClN2O5/c1-4-34-21-9-8-18(12-23(21)35-5-2)25-24-26(32)19-13-20(29)16(3)11-22(19)36-27(24)28(33)31(25)15-17-7-6-10-30-14-17/h6-14,25H,4-5,15H2,1-3H3/t25-/m0/s1. The molecule has 0 fully saturated rings. The Kier molecular flexibility index (Phi) is 6.41. The Morgan fingerprint density at radius 3 is 2.56 bits per heavy atom. The number of rotatable bonds is 7. The third kappa shape index (κ3) is 4.09. The fourth-order valence-corrected chi connectivity index (χ4v) is 4.74. The van der Waals surface area contributed by atoms with E-state index < -0.39 is 6.04 Å². The molecule has 1 aliphatic heterocycles. The number of benzene rings is 2. The largest absolute Gasteiger partial charge is 0.490 e. The van der Waals surface area contributed by atoms with Crippen LogP contribution in [0.2, 0.25) is 5.02 Å². The molecule has 3 heterocycles. The Morgan fingerprint density at radius 1 is 1.06 bits per heavy atom. The highest BCUT2D eigenvalue weighted by atomic mass is 35.5. The van der Waals surface area contributed by atoms with Crippen molar-refractivity contribution in [1.29, 1.82) is 0 Å². The second kappa shape index (κ2) is 9.66. The number of aromatic nitrogens is 1. The van der Waals surface area contributed by atoms with Crippen molar-refractivity contribution in [2.24, 2.45) is 0 Å². The third-order valence-corrected chi connectivity index (χ3v) is 6.61. The molecule has 0 aliphatic carbocycles. The highest BCUT2D eigenvalue weighted by Gasteiger charge is 2.43. The maximum atomic E-state index is 13.8. The number of fused-ring (bicyclic) bond motifs is 2. The highest BCUT2D eigenvalue weighted by molar-refractivity contribution is 6.32. The van der Waals surface area contributed by atoms with Crippen molar-refractivity contribution in [3.8, 4) is 11.5 Å². The molecule has 0 bridgehead atoms. The van der Waals surface area contributed by atoms with E-state index in [0.29, 0.717) is 46.3 Å². The first-order valence-corrected chi connectivity index (χ1v) is 12.2. The minimum absolute atomic E-state index is 0.0370. The Labute approximate surface area is 213 Å². The van der Waals surface area contributed by atoms with Gasteiger partial charge in [0.15, 0.2) is 16.9 Å². The van der Waals surface area contributed by atoms with Crippen molar-refractivity contribution in [2.45, 2.75) is 33.4 Å². The fourth-order valence-electron chi connectivity index (χ4n) is 4.58. The number of amides is 1. The summed E-state index contributed by atoms with van der Waals surface area (Å²) >= 11 is 6.34. The molecule has 7 nitrogen and oxygen atoms in total. The first-order chi connectivity index (χ1) is 17.4. The lowest BCUT2D eigenvalue weighted by Crippen LogP contribution is -2.29. The number of carbonyl (C=O) groups is 1. The van der Waals surface area contributed by atoms with E-state index in [9.17, 15) is 9.59 Å². The van der Waals surface area contributed by atoms with Gasteiger partial charge in [0.05, 0.1) is 30.2 Å². The molecule has 0 unspecified atom stereocenters. The van der Waals surface area contributed by atoms with Gasteiger partial charge in [-0.25, -0.2) is 0 Å². The lowest BCUT2D eigenvalue weighted by atomic mass is 9.97. The summed E-state index contributed by atoms with van der Waals surface area (Å²) in [5.74, 6) is 0.814. The van der Waals surface area contributed by atoms with Crippen LogP contribution in [0.5, 0.6) is 11.5 Å². The molecule has 184 valence electrons. The molecule has 0 N–H and O–H groups in total. The maximum Gasteiger partial charge on any atom is 0.291 e. The van der Waals surface area contributed by atoms with Crippen LogP contribution in [0.1, 0.15) is 52.7 Å². The van der Waals surface area contributed by atoms with Crippen molar-refractivity contribution in [3.63, 3.8) is 0 Å². The number of halogens is 1. The van der Waals surface area contributed by atoms with E-state index in [2.05, 4.69) is 4.98 Å². The molecule has 1 aliphatic rings. The number of hydrogen-bond acceptors (Lipinski definition) is 6. The average Bonchev–Trinajstić information content (AvgIpc) is 3.14. The predicted octanol–water partition coefficient (Wildman–Crippen LogP) is 5.69. The number of aryl methyl sites for hydroxylation is 1. The lowest BCUT2D eigenvalue weighted by molar-refractivity contribution is 0.0714. The number of pyridine rings is 1. The number of carbonyl (C=O) groups excluding carboxylic acids is 1. The van der Waals surface area contributed by atoms with E-state index in [4.69, 9.17) is 25.5 Å². The Bertz CT molecular complexity index is 1520. The van der Waals surface area contributed by atoms with Gasteiger partial charge in [-0.05, 0) is 67.8 Å². The summed E-state index contributed by atoms with van der Waals surface area (Å²) in [7, 11) is 0. The molecule has 1 amide bonds. The molecule has 0 saturated heterocycles. The molecular formula is C28H25ClN2O5. The van der Waals surface area contributed by atoms with Crippen molar-refractivity contribution < 1.29 is 18.7 Å². The zero-order chi connectivity index (χ0) is 25.4. The summed E-state index contributed by atoms with van der Waals surface area (Å²) in [4.78, 5) is 33.3. The number of nitrogens with zero attached hydrogens (tertiary/aromatic N) is 2. The molecule has 1 atom stereocenters. The van der Waals surface area contributed by atoms with Crippen molar-refractivity contribution in [3.05, 3.63) is 98.1 Å². The van der Waals surface area contributed by atoms with Crippen molar-refractivity contribution in [1.82, 2.24) is 9.88 Å². The van der Waals surface area contributed by atoms with E-state index in [1.54, 1.807) is 35.5 Å². The second-order valence-corrected chi connectivity index (χ2v) is 8.95. The molecule has 8 heteroatoms. The Morgan fingerprint density at radius 2 is 1.83 bits per heavy atom. The zero-order valence-corrected chi connectivity index (χ0v) is 21.0. The van der Waals surface area contributed by atoms with E-state index in [1.807, 2.05) is 45.0 Å². The van der Waals surface area contributed by atoms with Gasteiger partial charge in [0, 0.05) is 24.0 Å². The van der Waals surface area contributed by atoms with Gasteiger partial charge in [-0.15, -0.1) is 0 Å². The van der Waals surface area contributed by atoms with Crippen LogP contribution in [-0.4, -0.2) is 29.0 Å². The predicted molar refractivity (Wildman–Crippen MR) is 137 cm³/mol. The molecule has 36 heavy (non-hydrogen) atoms. The number of hydrogen-bond donors (Lipinski definition) is 0. The van der Waals surface area contributed by atoms with Gasteiger partial charge in [0.25, 0.3) is 5.91 Å². The topological polar surface area (TPSA) is 81.9 Å².